The van der Waals surface area contributed by atoms with Gasteiger partial charge < -0.3 is 5.32 Å². The van der Waals surface area contributed by atoms with Crippen LogP contribution >= 0.6 is 23.2 Å². The Morgan fingerprint density at radius 3 is 2.28 bits per heavy atom. The number of carbonyl (C=O) groups excluding carboxylic acids is 2. The summed E-state index contributed by atoms with van der Waals surface area (Å²) in [7, 11) is 0. The van der Waals surface area contributed by atoms with Crippen LogP contribution in [0.25, 0.3) is 0 Å². The molecule has 146 valence electrons. The highest BCUT2D eigenvalue weighted by Crippen LogP contribution is 2.18. The number of halogens is 2. The maximum Gasteiger partial charge on any atom is 0.271 e. The third kappa shape index (κ3) is 5.44. The molecule has 0 saturated carbocycles. The van der Waals surface area contributed by atoms with Crippen LogP contribution < -0.4 is 10.7 Å². The van der Waals surface area contributed by atoms with Gasteiger partial charge in [-0.05, 0) is 61.0 Å². The van der Waals surface area contributed by atoms with Gasteiger partial charge in [-0.3, -0.25) is 9.59 Å². The van der Waals surface area contributed by atoms with E-state index in [4.69, 9.17) is 23.2 Å². The van der Waals surface area contributed by atoms with Crippen LogP contribution in [0, 0.1) is 0 Å². The number of anilines is 1. The van der Waals surface area contributed by atoms with E-state index in [2.05, 4.69) is 15.8 Å². The Labute approximate surface area is 178 Å². The number of nitrogens with one attached hydrogen (secondary N) is 2. The number of benzene rings is 3. The smallest absolute Gasteiger partial charge is 0.271 e. The molecule has 0 heterocycles. The van der Waals surface area contributed by atoms with Crippen molar-refractivity contribution in [3.8, 4) is 0 Å². The number of amides is 2. The van der Waals surface area contributed by atoms with Gasteiger partial charge in [0.2, 0.25) is 0 Å². The van der Waals surface area contributed by atoms with Crippen molar-refractivity contribution in [2.24, 2.45) is 5.10 Å². The molecule has 0 saturated heterocycles. The van der Waals surface area contributed by atoms with Crippen molar-refractivity contribution < 1.29 is 9.59 Å². The van der Waals surface area contributed by atoms with E-state index in [0.717, 1.165) is 5.56 Å². The maximum absolute atomic E-state index is 12.4. The lowest BCUT2D eigenvalue weighted by Crippen LogP contribution is -2.19. The molecule has 29 heavy (non-hydrogen) atoms. The first kappa shape index (κ1) is 20.6. The van der Waals surface area contributed by atoms with Gasteiger partial charge in [-0.2, -0.15) is 5.10 Å². The Morgan fingerprint density at radius 1 is 0.828 bits per heavy atom. The van der Waals surface area contributed by atoms with Gasteiger partial charge >= 0.3 is 0 Å². The van der Waals surface area contributed by atoms with Crippen molar-refractivity contribution in [3.63, 3.8) is 0 Å². The molecule has 2 N–H and O–H groups in total. The highest BCUT2D eigenvalue weighted by Gasteiger charge is 2.10. The third-order valence-electron chi connectivity index (χ3n) is 4.09. The van der Waals surface area contributed by atoms with E-state index >= 15 is 0 Å². The van der Waals surface area contributed by atoms with Gasteiger partial charge in [-0.15, -0.1) is 0 Å². The summed E-state index contributed by atoms with van der Waals surface area (Å²) in [6, 6.07) is 20.5. The molecule has 0 bridgehead atoms. The summed E-state index contributed by atoms with van der Waals surface area (Å²) in [5.74, 6) is -0.650. The van der Waals surface area contributed by atoms with E-state index in [1.807, 2.05) is 6.07 Å². The van der Waals surface area contributed by atoms with Gasteiger partial charge in [0.1, 0.15) is 0 Å². The second-order valence-electron chi connectivity index (χ2n) is 6.16. The largest absolute Gasteiger partial charge is 0.322 e. The molecule has 0 aliphatic heterocycles. The molecule has 0 atom stereocenters. The van der Waals surface area contributed by atoms with Crippen LogP contribution in [0.15, 0.2) is 77.9 Å². The van der Waals surface area contributed by atoms with Crippen LogP contribution in [0.3, 0.4) is 0 Å². The van der Waals surface area contributed by atoms with Crippen molar-refractivity contribution in [3.05, 3.63) is 99.5 Å². The zero-order valence-corrected chi connectivity index (χ0v) is 17.0. The number of carbonyl (C=O) groups is 2. The fraction of sp³-hybridized carbons (Fsp3) is 0.0455. The number of rotatable bonds is 5. The molecule has 3 rings (SSSR count). The van der Waals surface area contributed by atoms with E-state index in [1.165, 1.54) is 0 Å². The van der Waals surface area contributed by atoms with Gasteiger partial charge in [-0.1, -0.05) is 47.5 Å². The fourth-order valence-corrected chi connectivity index (χ4v) is 2.88. The lowest BCUT2D eigenvalue weighted by atomic mass is 10.1. The Balaban J connectivity index is 1.70. The molecule has 0 spiro atoms. The third-order valence-corrected chi connectivity index (χ3v) is 4.67. The van der Waals surface area contributed by atoms with Crippen LogP contribution in [-0.2, 0) is 0 Å². The van der Waals surface area contributed by atoms with Crippen molar-refractivity contribution in [1.29, 1.82) is 0 Å². The first-order chi connectivity index (χ1) is 13.9. The van der Waals surface area contributed by atoms with Crippen molar-refractivity contribution >= 4 is 46.4 Å². The van der Waals surface area contributed by atoms with E-state index in [1.54, 1.807) is 73.7 Å². The predicted molar refractivity (Wildman–Crippen MR) is 117 cm³/mol. The van der Waals surface area contributed by atoms with E-state index in [-0.39, 0.29) is 11.8 Å². The zero-order chi connectivity index (χ0) is 20.8. The molecular weight excluding hydrogens is 409 g/mol. The fourth-order valence-electron chi connectivity index (χ4n) is 2.53. The first-order valence-corrected chi connectivity index (χ1v) is 9.46. The topological polar surface area (TPSA) is 70.6 Å². The molecule has 0 aliphatic carbocycles. The minimum atomic E-state index is -0.343. The van der Waals surface area contributed by atoms with Crippen LogP contribution in [0.4, 0.5) is 5.69 Å². The van der Waals surface area contributed by atoms with Gasteiger partial charge in [0.15, 0.2) is 0 Å². The average molecular weight is 426 g/mol. The monoisotopic (exact) mass is 425 g/mol. The second kappa shape index (κ2) is 9.37. The van der Waals surface area contributed by atoms with Crippen LogP contribution in [0.1, 0.15) is 33.2 Å². The molecule has 3 aromatic carbocycles. The quantitative estimate of drug-likeness (QED) is 0.424. The average Bonchev–Trinajstić information content (AvgIpc) is 2.72. The molecule has 0 aromatic heterocycles. The highest BCUT2D eigenvalue weighted by atomic mass is 35.5. The summed E-state index contributed by atoms with van der Waals surface area (Å²) in [4.78, 5) is 24.6. The van der Waals surface area contributed by atoms with Crippen LogP contribution in [0.2, 0.25) is 10.0 Å². The van der Waals surface area contributed by atoms with E-state index < -0.39 is 0 Å². The van der Waals surface area contributed by atoms with Crippen LogP contribution in [0.5, 0.6) is 0 Å². The Morgan fingerprint density at radius 2 is 1.55 bits per heavy atom. The van der Waals surface area contributed by atoms with Crippen molar-refractivity contribution in [2.45, 2.75) is 6.92 Å². The Kier molecular flexibility index (Phi) is 6.65. The number of nitrogens with zero attached hydrogens (tertiary/aromatic N) is 1. The Bertz CT molecular complexity index is 1080. The summed E-state index contributed by atoms with van der Waals surface area (Å²) in [6.45, 7) is 1.76. The normalized spacial score (nSPS) is 11.1. The first-order valence-electron chi connectivity index (χ1n) is 8.70. The lowest BCUT2D eigenvalue weighted by Gasteiger charge is -2.09. The van der Waals surface area contributed by atoms with Crippen molar-refractivity contribution in [2.75, 3.05) is 5.32 Å². The Hall–Kier alpha value is -3.15. The summed E-state index contributed by atoms with van der Waals surface area (Å²) in [5, 5.41) is 7.88. The molecular formula is C22H17Cl2N3O2. The van der Waals surface area contributed by atoms with Gasteiger partial charge in [0, 0.05) is 16.3 Å². The second-order valence-corrected chi connectivity index (χ2v) is 7.00. The maximum atomic E-state index is 12.4. The van der Waals surface area contributed by atoms with Gasteiger partial charge in [-0.25, -0.2) is 5.43 Å². The van der Waals surface area contributed by atoms with E-state index in [0.29, 0.717) is 32.6 Å². The van der Waals surface area contributed by atoms with E-state index in [9.17, 15) is 9.59 Å². The lowest BCUT2D eigenvalue weighted by molar-refractivity contribution is 0.0954. The molecule has 0 radical (unpaired) electrons. The number of hydrogen-bond donors (Lipinski definition) is 2. The minimum absolute atomic E-state index is 0.307. The minimum Gasteiger partial charge on any atom is -0.322 e. The molecule has 7 heteroatoms. The van der Waals surface area contributed by atoms with Gasteiger partial charge in [0.25, 0.3) is 11.8 Å². The van der Waals surface area contributed by atoms with Gasteiger partial charge in [0.05, 0.1) is 16.3 Å². The number of hydrogen-bond acceptors (Lipinski definition) is 3. The molecule has 2 amide bonds. The molecule has 0 aliphatic rings. The number of hydrazone groups is 1. The predicted octanol–water partition coefficient (Wildman–Crippen LogP) is 5.40. The standard InChI is InChI=1S/C22H17Cl2N3O2/c1-14(26-27-21(28)15-9-11-17(23)12-10-15)16-5-4-6-18(13-16)25-22(29)19-7-2-3-8-20(19)24/h2-13H,1H3,(H,25,29)(H,27,28)/b26-14-. The van der Waals surface area contributed by atoms with Crippen LogP contribution in [-0.4, -0.2) is 17.5 Å². The zero-order valence-electron chi connectivity index (χ0n) is 15.4. The van der Waals surface area contributed by atoms with Crippen molar-refractivity contribution in [1.82, 2.24) is 5.43 Å². The molecule has 0 fully saturated rings. The highest BCUT2D eigenvalue weighted by molar-refractivity contribution is 6.34. The summed E-state index contributed by atoms with van der Waals surface area (Å²) < 4.78 is 0. The summed E-state index contributed by atoms with van der Waals surface area (Å²) >= 11 is 11.9. The molecule has 0 unspecified atom stereocenters. The summed E-state index contributed by atoms with van der Waals surface area (Å²) in [5.41, 5.74) is 5.27. The molecule has 5 nitrogen and oxygen atoms in total. The summed E-state index contributed by atoms with van der Waals surface area (Å²) in [6.07, 6.45) is 0. The molecule has 3 aromatic rings. The SMILES string of the molecule is C/C(=N/NC(=O)c1ccc(Cl)cc1)c1cccc(NC(=O)c2ccccc2Cl)c1.